The molecule has 0 amide bonds. The summed E-state index contributed by atoms with van der Waals surface area (Å²) in [7, 11) is 0. The van der Waals surface area contributed by atoms with Crippen molar-refractivity contribution >= 4 is 91.7 Å². The molecule has 11 N–H and O–H groups in total. The van der Waals surface area contributed by atoms with Crippen LogP contribution in [0.1, 0.15) is 18.3 Å². The molecule has 12 nitrogen and oxygen atoms in total. The molecule has 14 heteroatoms. The largest absolute Gasteiger partial charge is 0.370 e. The minimum absolute atomic E-state index is 0.245. The Morgan fingerprint density at radius 1 is 0.950 bits per heavy atom. The van der Waals surface area contributed by atoms with Crippen molar-refractivity contribution in [3.05, 3.63) is 80.3 Å². The van der Waals surface area contributed by atoms with Gasteiger partial charge in [0.1, 0.15) is 11.3 Å². The molecule has 5 aromatic rings. The number of halogens is 2. The third-order valence-electron chi connectivity index (χ3n) is 5.80. The van der Waals surface area contributed by atoms with Gasteiger partial charge in [0.15, 0.2) is 11.9 Å². The number of rotatable bonds is 6. The van der Waals surface area contributed by atoms with Crippen LogP contribution >= 0.6 is 23.2 Å². The number of hydrogen-bond acceptors (Lipinski definition) is 6. The predicted molar refractivity (Wildman–Crippen MR) is 163 cm³/mol. The van der Waals surface area contributed by atoms with Crippen molar-refractivity contribution in [3.8, 4) is 0 Å². The number of nitrogens with two attached hydrogens (primary N) is 2. The van der Waals surface area contributed by atoms with Crippen molar-refractivity contribution in [1.82, 2.24) is 19.9 Å². The van der Waals surface area contributed by atoms with E-state index < -0.39 is 0 Å². The molecule has 5 rings (SSSR count). The van der Waals surface area contributed by atoms with Gasteiger partial charge >= 0.3 is 0 Å². The highest BCUT2D eigenvalue weighted by Crippen LogP contribution is 2.33. The Bertz CT molecular complexity index is 1850. The summed E-state index contributed by atoms with van der Waals surface area (Å²) in [4.78, 5) is 28.5. The predicted octanol–water partition coefficient (Wildman–Crippen LogP) is 5.02. The lowest BCUT2D eigenvalue weighted by atomic mass is 10.1. The molecule has 0 aliphatic carbocycles. The van der Waals surface area contributed by atoms with Gasteiger partial charge in [-0.3, -0.25) is 15.6 Å². The smallest absolute Gasteiger partial charge is 0.261 e. The van der Waals surface area contributed by atoms with E-state index in [1.807, 2.05) is 0 Å². The van der Waals surface area contributed by atoms with Crippen LogP contribution in [0.15, 0.2) is 53.3 Å². The highest BCUT2D eigenvalue weighted by Gasteiger charge is 2.15. The SMILES string of the molecule is CC(=Cc1cc(NC(=N)N)cc(NC(=N)N)c1)c1nc2ccc3[nH]c(Nc4c(Cl)cccc4Cl)nc3c2c(=O)[nH]1. The van der Waals surface area contributed by atoms with E-state index in [1.165, 1.54) is 0 Å². The van der Waals surface area contributed by atoms with E-state index in [0.717, 1.165) is 0 Å². The number of H-pyrrole nitrogens is 2. The van der Waals surface area contributed by atoms with Crippen LogP contribution < -0.4 is 33.0 Å². The maximum absolute atomic E-state index is 13.3. The fourth-order valence-corrected chi connectivity index (χ4v) is 4.68. The summed E-state index contributed by atoms with van der Waals surface area (Å²) < 4.78 is 0. The number of nitrogens with one attached hydrogen (secondary N) is 7. The van der Waals surface area contributed by atoms with Gasteiger partial charge in [-0.15, -0.1) is 0 Å². The molecule has 2 heterocycles. The summed E-state index contributed by atoms with van der Waals surface area (Å²) in [6.07, 6.45) is 1.79. The van der Waals surface area contributed by atoms with Crippen LogP contribution in [0.2, 0.25) is 10.0 Å². The van der Waals surface area contributed by atoms with E-state index in [-0.39, 0.29) is 17.5 Å². The van der Waals surface area contributed by atoms with Gasteiger partial charge in [0, 0.05) is 11.4 Å². The van der Waals surface area contributed by atoms with Gasteiger partial charge in [-0.2, -0.15) is 0 Å². The van der Waals surface area contributed by atoms with Crippen molar-refractivity contribution in [2.75, 3.05) is 16.0 Å². The number of nitrogens with zero attached hydrogens (tertiary/aromatic N) is 2. The molecule has 0 bridgehead atoms. The van der Waals surface area contributed by atoms with Crippen LogP contribution in [-0.4, -0.2) is 31.9 Å². The molecule has 0 atom stereocenters. The number of benzene rings is 3. The number of imidazole rings is 1. The maximum Gasteiger partial charge on any atom is 0.261 e. The first-order chi connectivity index (χ1) is 19.1. The molecule has 0 aliphatic heterocycles. The Labute approximate surface area is 236 Å². The number of anilines is 4. The van der Waals surface area contributed by atoms with E-state index in [2.05, 4.69) is 35.9 Å². The zero-order valence-electron chi connectivity index (χ0n) is 20.9. The lowest BCUT2D eigenvalue weighted by molar-refractivity contribution is 1.12. The van der Waals surface area contributed by atoms with Crippen LogP contribution in [0.25, 0.3) is 33.6 Å². The summed E-state index contributed by atoms with van der Waals surface area (Å²) in [5, 5.41) is 24.7. The average Bonchev–Trinajstić information content (AvgIpc) is 3.28. The number of fused-ring (bicyclic) bond motifs is 3. The molecule has 0 radical (unpaired) electrons. The van der Waals surface area contributed by atoms with Crippen molar-refractivity contribution in [1.29, 1.82) is 10.8 Å². The van der Waals surface area contributed by atoms with Crippen LogP contribution in [0.4, 0.5) is 23.0 Å². The normalized spacial score (nSPS) is 11.5. The second-order valence-corrected chi connectivity index (χ2v) is 9.64. The van der Waals surface area contributed by atoms with Gasteiger partial charge in [-0.25, -0.2) is 9.97 Å². The minimum Gasteiger partial charge on any atom is -0.370 e. The summed E-state index contributed by atoms with van der Waals surface area (Å²) in [5.41, 5.74) is 15.0. The molecule has 40 heavy (non-hydrogen) atoms. The quantitative estimate of drug-likeness (QED) is 0.0987. The van der Waals surface area contributed by atoms with Gasteiger partial charge in [-0.1, -0.05) is 29.3 Å². The van der Waals surface area contributed by atoms with Crippen LogP contribution in [0, 0.1) is 10.8 Å². The first kappa shape index (κ1) is 26.5. The molecule has 3 aromatic carbocycles. The zero-order chi connectivity index (χ0) is 28.6. The van der Waals surface area contributed by atoms with E-state index >= 15 is 0 Å². The molecule has 0 spiro atoms. The maximum atomic E-state index is 13.3. The molecule has 0 fully saturated rings. The average molecular weight is 576 g/mol. The van der Waals surface area contributed by atoms with Gasteiger partial charge in [0.05, 0.1) is 32.2 Å². The number of hydrogen-bond donors (Lipinski definition) is 9. The molecule has 0 aliphatic rings. The standard InChI is InChI=1S/C26H23Cl2N11O/c1-11(7-12-8-13(33-24(29)30)10-14(9-12)34-25(31)32)22-35-17-5-6-18-21(19(17)23(40)39-22)38-26(36-18)37-20-15(27)3-2-4-16(20)28/h2-10H,1H3,(H4,29,30,33)(H4,31,32,34)(H,35,39,40)(H2,36,37,38). The first-order valence-corrected chi connectivity index (χ1v) is 12.5. The number of guanidine groups is 2. The number of aromatic nitrogens is 4. The Balaban J connectivity index is 1.53. The van der Waals surface area contributed by atoms with Crippen LogP contribution in [-0.2, 0) is 0 Å². The highest BCUT2D eigenvalue weighted by atomic mass is 35.5. The summed E-state index contributed by atoms with van der Waals surface area (Å²) >= 11 is 12.5. The number of para-hydroxylation sites is 1. The molecule has 0 unspecified atom stereocenters. The van der Waals surface area contributed by atoms with E-state index in [4.69, 9.17) is 45.5 Å². The van der Waals surface area contributed by atoms with Crippen LogP contribution in [0.5, 0.6) is 0 Å². The molecule has 0 saturated heterocycles. The van der Waals surface area contributed by atoms with Gasteiger partial charge in [0.25, 0.3) is 5.56 Å². The van der Waals surface area contributed by atoms with Gasteiger partial charge in [0.2, 0.25) is 5.95 Å². The summed E-state index contributed by atoms with van der Waals surface area (Å²) in [5.74, 6) is 0.237. The molecule has 0 saturated carbocycles. The molecule has 202 valence electrons. The topological polar surface area (TPSA) is 210 Å². The fraction of sp³-hybridized carbons (Fsp3) is 0.0385. The Hall–Kier alpha value is -5.07. The van der Waals surface area contributed by atoms with E-state index in [1.54, 1.807) is 61.5 Å². The fourth-order valence-electron chi connectivity index (χ4n) is 4.19. The summed E-state index contributed by atoms with van der Waals surface area (Å²) in [6, 6.07) is 13.8. The van der Waals surface area contributed by atoms with Crippen LogP contribution in [0.3, 0.4) is 0 Å². The molecular weight excluding hydrogens is 553 g/mol. The Kier molecular flexibility index (Phi) is 7.03. The van der Waals surface area contributed by atoms with Crippen molar-refractivity contribution < 1.29 is 0 Å². The van der Waals surface area contributed by atoms with Crippen molar-refractivity contribution in [2.45, 2.75) is 6.92 Å². The van der Waals surface area contributed by atoms with Gasteiger partial charge < -0.3 is 37.4 Å². The van der Waals surface area contributed by atoms with Gasteiger partial charge in [-0.05, 0) is 66.6 Å². The lowest BCUT2D eigenvalue weighted by Gasteiger charge is -2.11. The number of allylic oxidation sites excluding steroid dienone is 1. The monoisotopic (exact) mass is 575 g/mol. The summed E-state index contributed by atoms with van der Waals surface area (Å²) in [6.45, 7) is 1.80. The van der Waals surface area contributed by atoms with E-state index in [0.29, 0.717) is 72.0 Å². The Morgan fingerprint density at radius 2 is 1.60 bits per heavy atom. The van der Waals surface area contributed by atoms with Crippen molar-refractivity contribution in [2.24, 2.45) is 11.5 Å². The highest BCUT2D eigenvalue weighted by molar-refractivity contribution is 6.39. The second kappa shape index (κ2) is 10.6. The zero-order valence-corrected chi connectivity index (χ0v) is 22.4. The lowest BCUT2D eigenvalue weighted by Crippen LogP contribution is -2.22. The molecule has 2 aromatic heterocycles. The second-order valence-electron chi connectivity index (χ2n) is 8.83. The van der Waals surface area contributed by atoms with E-state index in [9.17, 15) is 4.79 Å². The molecular formula is C26H23Cl2N11O. The first-order valence-electron chi connectivity index (χ1n) is 11.8. The Morgan fingerprint density at radius 3 is 2.23 bits per heavy atom. The van der Waals surface area contributed by atoms with Crippen molar-refractivity contribution in [3.63, 3.8) is 0 Å². The minimum atomic E-state index is -0.363. The third-order valence-corrected chi connectivity index (χ3v) is 6.43. The third kappa shape index (κ3) is 5.53. The number of aromatic amines is 2.